The van der Waals surface area contributed by atoms with Crippen molar-refractivity contribution in [2.75, 3.05) is 6.61 Å². The average molecular weight is 324 g/mol. The van der Waals surface area contributed by atoms with Crippen molar-refractivity contribution in [1.82, 2.24) is 9.55 Å². The van der Waals surface area contributed by atoms with Crippen LogP contribution in [0.2, 0.25) is 0 Å². The second-order valence-electron chi connectivity index (χ2n) is 4.28. The van der Waals surface area contributed by atoms with Crippen molar-refractivity contribution < 1.29 is 32.1 Å². The predicted octanol–water partition coefficient (Wildman–Crippen LogP) is -3.02. The molecule has 1 aromatic heterocycles. The van der Waals surface area contributed by atoms with Gasteiger partial charge in [-0.25, -0.2) is 8.98 Å². The van der Waals surface area contributed by atoms with E-state index in [1.54, 1.807) is 0 Å². The summed E-state index contributed by atoms with van der Waals surface area (Å²) < 4.78 is 39.4. The number of ether oxygens (including phenoxy) is 1. The Hall–Kier alpha value is -1.57. The molecule has 1 aliphatic rings. The summed E-state index contributed by atoms with van der Waals surface area (Å²) in [4.78, 5) is 24.4. The number of rotatable bonds is 4. The lowest BCUT2D eigenvalue weighted by Gasteiger charge is -2.16. The number of aromatic nitrogens is 2. The Morgan fingerprint density at radius 1 is 1.33 bits per heavy atom. The second kappa shape index (κ2) is 5.67. The van der Waals surface area contributed by atoms with Crippen LogP contribution in [-0.2, 0) is 19.3 Å². The lowest BCUT2D eigenvalue weighted by atomic mass is 10.1. The van der Waals surface area contributed by atoms with Crippen molar-refractivity contribution in [3.63, 3.8) is 0 Å². The zero-order chi connectivity index (χ0) is 15.8. The first-order valence-electron chi connectivity index (χ1n) is 5.64. The topological polar surface area (TPSA) is 168 Å². The van der Waals surface area contributed by atoms with Gasteiger partial charge in [-0.1, -0.05) is 0 Å². The summed E-state index contributed by atoms with van der Waals surface area (Å²) >= 11 is 0. The van der Waals surface area contributed by atoms with Crippen LogP contribution in [0.15, 0.2) is 21.9 Å². The van der Waals surface area contributed by atoms with Gasteiger partial charge >= 0.3 is 16.1 Å². The van der Waals surface area contributed by atoms with Crippen LogP contribution < -0.4 is 11.2 Å². The molecule has 2 rings (SSSR count). The third-order valence-electron chi connectivity index (χ3n) is 2.84. The molecule has 0 amide bonds. The standard InChI is InChI=1S/C9H12N2O9S/c12-5-1-2-11(9(15)10-5)8-7(14)6(13)4(20-8)3-19-21(16,17)18/h1-2,4,6-8,13-14H,3H2,(H,10,12,15)(H,16,17,18). The van der Waals surface area contributed by atoms with Gasteiger partial charge in [0.1, 0.15) is 18.3 Å². The van der Waals surface area contributed by atoms with E-state index >= 15 is 0 Å². The lowest BCUT2D eigenvalue weighted by molar-refractivity contribution is -0.0519. The molecule has 0 spiro atoms. The molecule has 0 aromatic carbocycles. The maximum absolute atomic E-state index is 11.6. The van der Waals surface area contributed by atoms with Gasteiger partial charge in [0.25, 0.3) is 5.56 Å². The van der Waals surface area contributed by atoms with E-state index in [9.17, 15) is 28.2 Å². The lowest BCUT2D eigenvalue weighted by Crippen LogP contribution is -2.37. The second-order valence-corrected chi connectivity index (χ2v) is 5.37. The van der Waals surface area contributed by atoms with E-state index < -0.39 is 52.8 Å². The van der Waals surface area contributed by atoms with Gasteiger partial charge in [0, 0.05) is 12.3 Å². The monoisotopic (exact) mass is 324 g/mol. The summed E-state index contributed by atoms with van der Waals surface area (Å²) in [7, 11) is -4.74. The van der Waals surface area contributed by atoms with Crippen molar-refractivity contribution in [2.24, 2.45) is 0 Å². The van der Waals surface area contributed by atoms with Crippen LogP contribution in [0.4, 0.5) is 0 Å². The smallest absolute Gasteiger partial charge is 0.387 e. The fourth-order valence-electron chi connectivity index (χ4n) is 1.88. The minimum atomic E-state index is -4.74. The molecule has 4 N–H and O–H groups in total. The Morgan fingerprint density at radius 2 is 2.00 bits per heavy atom. The first-order valence-corrected chi connectivity index (χ1v) is 7.00. The van der Waals surface area contributed by atoms with Crippen LogP contribution in [0.25, 0.3) is 0 Å². The largest absolute Gasteiger partial charge is 0.397 e. The molecule has 12 heteroatoms. The molecule has 0 saturated carbocycles. The van der Waals surface area contributed by atoms with E-state index in [1.165, 1.54) is 0 Å². The third-order valence-corrected chi connectivity index (χ3v) is 3.28. The molecule has 1 aliphatic heterocycles. The molecule has 4 unspecified atom stereocenters. The summed E-state index contributed by atoms with van der Waals surface area (Å²) in [5, 5.41) is 19.5. The maximum atomic E-state index is 11.6. The van der Waals surface area contributed by atoms with E-state index in [0.29, 0.717) is 0 Å². The van der Waals surface area contributed by atoms with Gasteiger partial charge in [-0.15, -0.1) is 0 Å². The molecule has 4 atom stereocenters. The summed E-state index contributed by atoms with van der Waals surface area (Å²) in [6.45, 7) is -0.758. The van der Waals surface area contributed by atoms with Crippen molar-refractivity contribution >= 4 is 10.4 Å². The highest BCUT2D eigenvalue weighted by molar-refractivity contribution is 7.80. The Labute approximate surface area is 117 Å². The Kier molecular flexibility index (Phi) is 4.27. The molecule has 0 aliphatic carbocycles. The van der Waals surface area contributed by atoms with Crippen LogP contribution in [0.5, 0.6) is 0 Å². The van der Waals surface area contributed by atoms with E-state index in [4.69, 9.17) is 9.29 Å². The minimum absolute atomic E-state index is 0.657. The van der Waals surface area contributed by atoms with Crippen molar-refractivity contribution in [2.45, 2.75) is 24.5 Å². The van der Waals surface area contributed by atoms with Gasteiger partial charge in [-0.3, -0.25) is 18.9 Å². The van der Waals surface area contributed by atoms with E-state index in [-0.39, 0.29) is 0 Å². The normalized spacial score (nSPS) is 29.7. The molecule has 1 aromatic rings. The summed E-state index contributed by atoms with van der Waals surface area (Å²) in [6, 6.07) is 1.01. The van der Waals surface area contributed by atoms with Crippen LogP contribution in [0.1, 0.15) is 6.23 Å². The highest BCUT2D eigenvalue weighted by atomic mass is 32.3. The van der Waals surface area contributed by atoms with Crippen LogP contribution in [0, 0.1) is 0 Å². The number of H-pyrrole nitrogens is 1. The molecule has 118 valence electrons. The number of aliphatic hydroxyl groups excluding tert-OH is 2. The van der Waals surface area contributed by atoms with E-state index in [0.717, 1.165) is 16.8 Å². The minimum Gasteiger partial charge on any atom is -0.387 e. The Morgan fingerprint density at radius 3 is 2.57 bits per heavy atom. The fraction of sp³-hybridized carbons (Fsp3) is 0.556. The SMILES string of the molecule is O=c1ccn(C2OC(COS(=O)(=O)O)C(O)C2O)c(=O)[nH]1. The first-order chi connectivity index (χ1) is 9.69. The molecule has 1 fully saturated rings. The number of aliphatic hydroxyl groups is 2. The van der Waals surface area contributed by atoms with Gasteiger partial charge in [0.2, 0.25) is 0 Å². The molecular formula is C9H12N2O9S. The number of nitrogens with one attached hydrogen (secondary N) is 1. The van der Waals surface area contributed by atoms with Gasteiger partial charge in [-0.05, 0) is 0 Å². The number of hydrogen-bond acceptors (Lipinski definition) is 8. The molecule has 1 saturated heterocycles. The maximum Gasteiger partial charge on any atom is 0.397 e. The highest BCUT2D eigenvalue weighted by Gasteiger charge is 2.44. The van der Waals surface area contributed by atoms with Crippen molar-refractivity contribution in [3.8, 4) is 0 Å². The number of aromatic amines is 1. The molecule has 0 bridgehead atoms. The van der Waals surface area contributed by atoms with E-state index in [1.807, 2.05) is 4.98 Å². The fourth-order valence-corrected chi connectivity index (χ4v) is 2.18. The zero-order valence-corrected chi connectivity index (χ0v) is 11.1. The summed E-state index contributed by atoms with van der Waals surface area (Å²) in [5.41, 5.74) is -1.54. The molecule has 21 heavy (non-hydrogen) atoms. The molecular weight excluding hydrogens is 312 g/mol. The number of hydrogen-bond donors (Lipinski definition) is 4. The van der Waals surface area contributed by atoms with Gasteiger partial charge in [-0.2, -0.15) is 8.42 Å². The molecule has 2 heterocycles. The summed E-state index contributed by atoms with van der Waals surface area (Å²) in [5.74, 6) is 0. The Bertz CT molecular complexity index is 723. The van der Waals surface area contributed by atoms with Gasteiger partial charge in [0.15, 0.2) is 6.23 Å². The van der Waals surface area contributed by atoms with Crippen LogP contribution in [0.3, 0.4) is 0 Å². The Balaban J connectivity index is 2.19. The van der Waals surface area contributed by atoms with Crippen molar-refractivity contribution in [3.05, 3.63) is 33.1 Å². The van der Waals surface area contributed by atoms with Crippen molar-refractivity contribution in [1.29, 1.82) is 0 Å². The van der Waals surface area contributed by atoms with Gasteiger partial charge in [0.05, 0.1) is 6.61 Å². The molecule has 11 nitrogen and oxygen atoms in total. The molecule has 0 radical (unpaired) electrons. The summed E-state index contributed by atoms with van der Waals surface area (Å²) in [6.07, 6.45) is -4.72. The van der Waals surface area contributed by atoms with E-state index in [2.05, 4.69) is 4.18 Å². The average Bonchev–Trinajstić information content (AvgIpc) is 2.64. The van der Waals surface area contributed by atoms with Crippen LogP contribution >= 0.6 is 0 Å². The quantitative estimate of drug-likeness (QED) is 0.421. The first kappa shape index (κ1) is 15.8. The third kappa shape index (κ3) is 3.55. The highest BCUT2D eigenvalue weighted by Crippen LogP contribution is 2.28. The van der Waals surface area contributed by atoms with Crippen LogP contribution in [-0.4, -0.2) is 57.7 Å². The predicted molar refractivity (Wildman–Crippen MR) is 64.7 cm³/mol. The zero-order valence-electron chi connectivity index (χ0n) is 10.3. The van der Waals surface area contributed by atoms with Gasteiger partial charge < -0.3 is 14.9 Å². The number of nitrogens with zero attached hydrogens (tertiary/aromatic N) is 1.